The van der Waals surface area contributed by atoms with Crippen molar-refractivity contribution in [3.63, 3.8) is 0 Å². The molecule has 0 aromatic heterocycles. The van der Waals surface area contributed by atoms with Gasteiger partial charge in [0, 0.05) is 11.6 Å². The predicted octanol–water partition coefficient (Wildman–Crippen LogP) is 3.36. The van der Waals surface area contributed by atoms with Gasteiger partial charge < -0.3 is 9.84 Å². The van der Waals surface area contributed by atoms with Gasteiger partial charge in [-0.3, -0.25) is 4.90 Å². The highest BCUT2D eigenvalue weighted by Crippen LogP contribution is 2.48. The van der Waals surface area contributed by atoms with Crippen LogP contribution in [0.5, 0.6) is 0 Å². The van der Waals surface area contributed by atoms with Crippen molar-refractivity contribution >= 4 is 0 Å². The number of aliphatic hydroxyl groups excluding tert-OH is 1. The minimum absolute atomic E-state index is 0.0860. The summed E-state index contributed by atoms with van der Waals surface area (Å²) in [6.45, 7) is 5.27. The Morgan fingerprint density at radius 1 is 1.18 bits per heavy atom. The summed E-state index contributed by atoms with van der Waals surface area (Å²) in [6, 6.07) is 11.3. The zero-order chi connectivity index (χ0) is 15.6. The van der Waals surface area contributed by atoms with Crippen LogP contribution < -0.4 is 0 Å². The molecule has 1 unspecified atom stereocenters. The van der Waals surface area contributed by atoms with Crippen LogP contribution in [0, 0.1) is 0 Å². The molecule has 2 fully saturated rings. The fraction of sp³-hybridized carbons (Fsp3) is 0.684. The maximum Gasteiger partial charge on any atom is 0.0983 e. The van der Waals surface area contributed by atoms with Gasteiger partial charge in [-0.25, -0.2) is 0 Å². The third kappa shape index (κ3) is 3.22. The average Bonchev–Trinajstić information content (AvgIpc) is 3.12. The highest BCUT2D eigenvalue weighted by molar-refractivity contribution is 5.18. The van der Waals surface area contributed by atoms with Crippen molar-refractivity contribution in [3.05, 3.63) is 35.9 Å². The number of hydrogen-bond acceptors (Lipinski definition) is 3. The maximum atomic E-state index is 9.81. The van der Waals surface area contributed by atoms with Crippen LogP contribution in [0.15, 0.2) is 30.3 Å². The number of hydrogen-bond donors (Lipinski definition) is 1. The molecule has 3 heteroatoms. The maximum absolute atomic E-state index is 9.81. The third-order valence-corrected chi connectivity index (χ3v) is 5.43. The number of ether oxygens (including phenoxy) is 1. The first-order valence-corrected chi connectivity index (χ1v) is 8.69. The molecule has 0 spiro atoms. The molecule has 1 aromatic carbocycles. The van der Waals surface area contributed by atoms with Crippen LogP contribution in [0.25, 0.3) is 0 Å². The lowest BCUT2D eigenvalue weighted by Crippen LogP contribution is -2.31. The molecule has 1 heterocycles. The van der Waals surface area contributed by atoms with Gasteiger partial charge in [-0.1, -0.05) is 49.6 Å². The number of nitrogens with zero attached hydrogens (tertiary/aromatic N) is 1. The Morgan fingerprint density at radius 2 is 1.86 bits per heavy atom. The van der Waals surface area contributed by atoms with Gasteiger partial charge in [0.2, 0.25) is 0 Å². The molecule has 0 radical (unpaired) electrons. The van der Waals surface area contributed by atoms with Gasteiger partial charge in [-0.2, -0.15) is 0 Å². The summed E-state index contributed by atoms with van der Waals surface area (Å²) >= 11 is 0. The summed E-state index contributed by atoms with van der Waals surface area (Å²) in [5.74, 6) is 0. The summed E-state index contributed by atoms with van der Waals surface area (Å²) in [6.07, 6.45) is 6.59. The van der Waals surface area contributed by atoms with E-state index in [1.54, 1.807) is 0 Å². The molecule has 1 aliphatic carbocycles. The highest BCUT2D eigenvalue weighted by Gasteiger charge is 2.61. The lowest BCUT2D eigenvalue weighted by Gasteiger charge is -2.26. The Labute approximate surface area is 134 Å². The smallest absolute Gasteiger partial charge is 0.0983 e. The second-order valence-electron chi connectivity index (χ2n) is 7.32. The number of rotatable bonds is 6. The molecule has 1 saturated carbocycles. The van der Waals surface area contributed by atoms with E-state index in [0.717, 1.165) is 0 Å². The van der Waals surface area contributed by atoms with Gasteiger partial charge in [0.25, 0.3) is 0 Å². The summed E-state index contributed by atoms with van der Waals surface area (Å²) in [5, 5.41) is 9.81. The van der Waals surface area contributed by atoms with Crippen molar-refractivity contribution in [2.75, 3.05) is 6.61 Å². The van der Waals surface area contributed by atoms with Gasteiger partial charge >= 0.3 is 0 Å². The lowest BCUT2D eigenvalue weighted by atomic mass is 9.95. The minimum atomic E-state index is -0.0860. The number of benzene rings is 1. The molecule has 3 rings (SSSR count). The van der Waals surface area contributed by atoms with Crippen LogP contribution in [0.1, 0.15) is 51.5 Å². The quantitative estimate of drug-likeness (QED) is 0.818. The first-order valence-electron chi connectivity index (χ1n) is 8.69. The Kier molecular flexibility index (Phi) is 4.86. The first kappa shape index (κ1) is 16.0. The van der Waals surface area contributed by atoms with Gasteiger partial charge in [0.05, 0.1) is 25.4 Å². The van der Waals surface area contributed by atoms with Crippen molar-refractivity contribution in [1.29, 1.82) is 0 Å². The molecule has 2 aliphatic rings. The Hall–Kier alpha value is -0.900. The minimum Gasteiger partial charge on any atom is -0.394 e. The van der Waals surface area contributed by atoms with Crippen LogP contribution in [0.3, 0.4) is 0 Å². The van der Waals surface area contributed by atoms with E-state index < -0.39 is 0 Å². The summed E-state index contributed by atoms with van der Waals surface area (Å²) in [5.41, 5.74) is 1.33. The zero-order valence-corrected chi connectivity index (χ0v) is 13.9. The van der Waals surface area contributed by atoms with Crippen molar-refractivity contribution < 1.29 is 9.84 Å². The topological polar surface area (TPSA) is 32.5 Å². The van der Waals surface area contributed by atoms with Crippen molar-refractivity contribution in [2.45, 2.75) is 76.3 Å². The number of aliphatic hydroxyl groups is 1. The van der Waals surface area contributed by atoms with Crippen molar-refractivity contribution in [2.24, 2.45) is 0 Å². The van der Waals surface area contributed by atoms with Gasteiger partial charge in [-0.05, 0) is 32.3 Å². The first-order chi connectivity index (χ1) is 10.6. The molecule has 1 aromatic rings. The average molecular weight is 303 g/mol. The molecule has 1 saturated heterocycles. The lowest BCUT2D eigenvalue weighted by molar-refractivity contribution is -0.00852. The summed E-state index contributed by atoms with van der Waals surface area (Å²) < 4.78 is 6.07. The fourth-order valence-corrected chi connectivity index (χ4v) is 4.26. The van der Waals surface area contributed by atoms with E-state index in [1.807, 2.05) is 18.2 Å². The van der Waals surface area contributed by atoms with E-state index in [9.17, 15) is 5.11 Å². The SMILES string of the molecule is CC1(C)[C@H]([C@@H](CO)OCc2ccccc2)N1C1CCCCC1. The molecule has 122 valence electrons. The Morgan fingerprint density at radius 3 is 2.50 bits per heavy atom. The van der Waals surface area contributed by atoms with E-state index in [0.29, 0.717) is 18.7 Å². The largest absolute Gasteiger partial charge is 0.394 e. The summed E-state index contributed by atoms with van der Waals surface area (Å²) in [7, 11) is 0. The van der Waals surface area contributed by atoms with Crippen LogP contribution in [0.4, 0.5) is 0 Å². The molecule has 1 N–H and O–H groups in total. The molecule has 0 amide bonds. The van der Waals surface area contributed by atoms with E-state index in [4.69, 9.17) is 4.74 Å². The second-order valence-corrected chi connectivity index (χ2v) is 7.32. The predicted molar refractivity (Wildman–Crippen MR) is 88.7 cm³/mol. The highest BCUT2D eigenvalue weighted by atomic mass is 16.5. The van der Waals surface area contributed by atoms with Gasteiger partial charge in [0.1, 0.15) is 0 Å². The second kappa shape index (κ2) is 6.69. The molecule has 1 aliphatic heterocycles. The van der Waals surface area contributed by atoms with Crippen LogP contribution in [0.2, 0.25) is 0 Å². The normalized spacial score (nSPS) is 29.2. The molecule has 0 bridgehead atoms. The van der Waals surface area contributed by atoms with Crippen LogP contribution in [-0.4, -0.2) is 40.3 Å². The third-order valence-electron chi connectivity index (χ3n) is 5.43. The molecule has 3 nitrogen and oxygen atoms in total. The summed E-state index contributed by atoms with van der Waals surface area (Å²) in [4.78, 5) is 2.60. The van der Waals surface area contributed by atoms with Crippen molar-refractivity contribution in [3.8, 4) is 0 Å². The van der Waals surface area contributed by atoms with Crippen molar-refractivity contribution in [1.82, 2.24) is 4.90 Å². The molecule has 22 heavy (non-hydrogen) atoms. The monoisotopic (exact) mass is 303 g/mol. The van der Waals surface area contributed by atoms with Gasteiger partial charge in [0.15, 0.2) is 0 Å². The van der Waals surface area contributed by atoms with E-state index >= 15 is 0 Å². The molecular formula is C19H29NO2. The molecular weight excluding hydrogens is 274 g/mol. The molecule has 3 atom stereocenters. The van der Waals surface area contributed by atoms with Gasteiger partial charge in [-0.15, -0.1) is 0 Å². The van der Waals surface area contributed by atoms with E-state index in [-0.39, 0.29) is 18.2 Å². The van der Waals surface area contributed by atoms with Crippen LogP contribution in [-0.2, 0) is 11.3 Å². The zero-order valence-electron chi connectivity index (χ0n) is 13.9. The van der Waals surface area contributed by atoms with Crippen LogP contribution >= 0.6 is 0 Å². The Balaban J connectivity index is 1.60. The van der Waals surface area contributed by atoms with E-state index in [2.05, 4.69) is 30.9 Å². The van der Waals surface area contributed by atoms with E-state index in [1.165, 1.54) is 37.7 Å². The fourth-order valence-electron chi connectivity index (χ4n) is 4.26. The standard InChI is InChI=1S/C19H29NO2/c1-19(2)18(20(19)16-11-7-4-8-12-16)17(13-21)22-14-15-9-5-3-6-10-15/h3,5-6,9-10,16-18,21H,4,7-8,11-14H2,1-2H3/t17-,18+,20?/m1/s1. The Bertz CT molecular complexity index is 468.